The summed E-state index contributed by atoms with van der Waals surface area (Å²) in [7, 11) is 2.07. The van der Waals surface area contributed by atoms with Crippen LogP contribution in [0, 0.1) is 18.8 Å². The highest BCUT2D eigenvalue weighted by molar-refractivity contribution is 7.18. The molecule has 0 aliphatic rings. The first-order valence-corrected chi connectivity index (χ1v) is 7.02. The number of aryl methyl sites for hydroxylation is 2. The van der Waals surface area contributed by atoms with Gasteiger partial charge in [0, 0.05) is 17.6 Å². The van der Waals surface area contributed by atoms with Gasteiger partial charge in [-0.05, 0) is 25.1 Å². The van der Waals surface area contributed by atoms with E-state index in [9.17, 15) is 0 Å². The van der Waals surface area contributed by atoms with Crippen LogP contribution in [0.5, 0.6) is 0 Å². The van der Waals surface area contributed by atoms with Gasteiger partial charge in [-0.15, -0.1) is 0 Å². The summed E-state index contributed by atoms with van der Waals surface area (Å²) in [5.74, 6) is 6.50. The lowest BCUT2D eigenvalue weighted by Crippen LogP contribution is -2.29. The molecule has 0 aliphatic heterocycles. The second-order valence-electron chi connectivity index (χ2n) is 4.55. The molecular formula is C17H14NS+. The van der Waals surface area contributed by atoms with Crippen LogP contribution in [0.4, 0.5) is 0 Å². The molecule has 1 nitrogen and oxygen atoms in total. The van der Waals surface area contributed by atoms with Gasteiger partial charge in [0.2, 0.25) is 5.52 Å². The zero-order valence-corrected chi connectivity index (χ0v) is 11.8. The van der Waals surface area contributed by atoms with Crippen LogP contribution in [0.2, 0.25) is 0 Å². The highest BCUT2D eigenvalue weighted by Gasteiger charge is 2.13. The lowest BCUT2D eigenvalue weighted by atomic mass is 10.2. The molecule has 0 amide bonds. The first kappa shape index (κ1) is 12.0. The average molecular weight is 264 g/mol. The molecule has 2 aromatic carbocycles. The molecule has 0 aliphatic carbocycles. The van der Waals surface area contributed by atoms with Crippen molar-refractivity contribution < 1.29 is 4.57 Å². The summed E-state index contributed by atoms with van der Waals surface area (Å²) in [4.78, 5) is 0. The molecule has 3 rings (SSSR count). The summed E-state index contributed by atoms with van der Waals surface area (Å²) in [5.41, 5.74) is 3.56. The van der Waals surface area contributed by atoms with Gasteiger partial charge in [0.15, 0.2) is 0 Å². The molecule has 1 heterocycles. The number of thiazole rings is 1. The largest absolute Gasteiger partial charge is 0.315 e. The Kier molecular flexibility index (Phi) is 3.06. The molecule has 0 N–H and O–H groups in total. The Bertz CT molecular complexity index is 785. The van der Waals surface area contributed by atoms with Crippen molar-refractivity contribution in [2.75, 3.05) is 0 Å². The van der Waals surface area contributed by atoms with E-state index in [1.54, 1.807) is 11.3 Å². The topological polar surface area (TPSA) is 3.88 Å². The van der Waals surface area contributed by atoms with Gasteiger partial charge in [-0.2, -0.15) is 4.57 Å². The Morgan fingerprint density at radius 1 is 0.947 bits per heavy atom. The summed E-state index contributed by atoms with van der Waals surface area (Å²) in [6.07, 6.45) is 0. The van der Waals surface area contributed by atoms with E-state index in [0.717, 1.165) is 10.6 Å². The minimum atomic E-state index is 1.06. The Balaban J connectivity index is 2.02. The third kappa shape index (κ3) is 2.38. The highest BCUT2D eigenvalue weighted by atomic mass is 32.1. The van der Waals surface area contributed by atoms with Crippen molar-refractivity contribution in [3.63, 3.8) is 0 Å². The van der Waals surface area contributed by atoms with E-state index in [-0.39, 0.29) is 0 Å². The van der Waals surface area contributed by atoms with Gasteiger partial charge in [-0.25, -0.2) is 0 Å². The van der Waals surface area contributed by atoms with Crippen LogP contribution in [0.3, 0.4) is 0 Å². The Labute approximate surface area is 117 Å². The van der Waals surface area contributed by atoms with Crippen LogP contribution in [0.15, 0.2) is 48.5 Å². The predicted molar refractivity (Wildman–Crippen MR) is 80.2 cm³/mol. The molecule has 0 spiro atoms. The molecule has 3 aromatic rings. The van der Waals surface area contributed by atoms with Crippen molar-refractivity contribution in [2.24, 2.45) is 7.05 Å². The average Bonchev–Trinajstić information content (AvgIpc) is 2.76. The zero-order chi connectivity index (χ0) is 13.2. The van der Waals surface area contributed by atoms with Crippen molar-refractivity contribution in [1.29, 1.82) is 0 Å². The summed E-state index contributed by atoms with van der Waals surface area (Å²) in [6, 6.07) is 16.7. The maximum atomic E-state index is 3.27. The normalized spacial score (nSPS) is 10.2. The SMILES string of the molecule is Cc1ccc(C#Cc2sc3ccccc3[n+]2C)cc1. The Morgan fingerprint density at radius 2 is 1.68 bits per heavy atom. The molecule has 0 unspecified atom stereocenters. The van der Waals surface area contributed by atoms with Gasteiger partial charge in [-0.1, -0.05) is 47.1 Å². The van der Waals surface area contributed by atoms with E-state index in [1.807, 2.05) is 0 Å². The smallest absolute Gasteiger partial charge is 0.177 e. The molecule has 0 radical (unpaired) electrons. The molecule has 92 valence electrons. The Hall–Kier alpha value is -2.11. The maximum Gasteiger partial charge on any atom is 0.315 e. The first-order chi connectivity index (χ1) is 9.24. The van der Waals surface area contributed by atoms with E-state index >= 15 is 0 Å². The van der Waals surface area contributed by atoms with E-state index < -0.39 is 0 Å². The fourth-order valence-electron chi connectivity index (χ4n) is 1.97. The van der Waals surface area contributed by atoms with Gasteiger partial charge in [-0.3, -0.25) is 0 Å². The van der Waals surface area contributed by atoms with Crippen molar-refractivity contribution in [3.05, 3.63) is 64.7 Å². The third-order valence-electron chi connectivity index (χ3n) is 3.10. The summed E-state index contributed by atoms with van der Waals surface area (Å²) in [6.45, 7) is 2.09. The van der Waals surface area contributed by atoms with Crippen LogP contribution in [-0.2, 0) is 7.05 Å². The number of hydrogen-bond donors (Lipinski definition) is 0. The van der Waals surface area contributed by atoms with Crippen LogP contribution in [-0.4, -0.2) is 0 Å². The summed E-state index contributed by atoms with van der Waals surface area (Å²) >= 11 is 1.74. The number of nitrogens with zero attached hydrogens (tertiary/aromatic N) is 1. The fourth-order valence-corrected chi connectivity index (χ4v) is 2.98. The van der Waals surface area contributed by atoms with E-state index in [1.165, 1.54) is 15.8 Å². The number of aromatic nitrogens is 1. The molecule has 0 atom stereocenters. The number of para-hydroxylation sites is 1. The van der Waals surface area contributed by atoms with Gasteiger partial charge in [0.25, 0.3) is 0 Å². The lowest BCUT2D eigenvalue weighted by molar-refractivity contribution is -0.642. The van der Waals surface area contributed by atoms with Gasteiger partial charge in [0.05, 0.1) is 0 Å². The molecule has 19 heavy (non-hydrogen) atoms. The van der Waals surface area contributed by atoms with Crippen LogP contribution in [0.25, 0.3) is 10.2 Å². The summed E-state index contributed by atoms with van der Waals surface area (Å²) in [5, 5.41) is 1.08. The van der Waals surface area contributed by atoms with Crippen molar-refractivity contribution in [2.45, 2.75) is 6.92 Å². The second-order valence-corrected chi connectivity index (χ2v) is 5.58. The molecule has 0 saturated carbocycles. The van der Waals surface area contributed by atoms with E-state index in [0.29, 0.717) is 0 Å². The standard InChI is InChI=1S/C17H14NS/c1-13-7-9-14(10-8-13)11-12-17-18(2)15-5-3-4-6-16(15)19-17/h3-10H,1-2H3/q+1. The molecular weight excluding hydrogens is 250 g/mol. The second kappa shape index (κ2) is 4.87. The fraction of sp³-hybridized carbons (Fsp3) is 0.118. The van der Waals surface area contributed by atoms with Gasteiger partial charge in [0.1, 0.15) is 11.7 Å². The maximum absolute atomic E-state index is 3.27. The van der Waals surface area contributed by atoms with E-state index in [2.05, 4.69) is 78.9 Å². The predicted octanol–water partition coefficient (Wildman–Crippen LogP) is 3.43. The monoisotopic (exact) mass is 264 g/mol. The minimum absolute atomic E-state index is 1.06. The van der Waals surface area contributed by atoms with Crippen molar-refractivity contribution >= 4 is 21.6 Å². The highest BCUT2D eigenvalue weighted by Crippen LogP contribution is 2.18. The lowest BCUT2D eigenvalue weighted by Gasteiger charge is -1.90. The molecule has 2 heteroatoms. The number of rotatable bonds is 0. The zero-order valence-electron chi connectivity index (χ0n) is 11.0. The number of benzene rings is 2. The molecule has 1 aromatic heterocycles. The first-order valence-electron chi connectivity index (χ1n) is 6.20. The molecule has 0 fully saturated rings. The van der Waals surface area contributed by atoms with Crippen LogP contribution >= 0.6 is 11.3 Å². The third-order valence-corrected chi connectivity index (χ3v) is 4.24. The van der Waals surface area contributed by atoms with Crippen LogP contribution < -0.4 is 4.57 Å². The van der Waals surface area contributed by atoms with Gasteiger partial charge >= 0.3 is 5.01 Å². The summed E-state index contributed by atoms with van der Waals surface area (Å²) < 4.78 is 3.43. The van der Waals surface area contributed by atoms with E-state index in [4.69, 9.17) is 0 Å². The van der Waals surface area contributed by atoms with Crippen molar-refractivity contribution in [1.82, 2.24) is 0 Å². The Morgan fingerprint density at radius 3 is 2.42 bits per heavy atom. The van der Waals surface area contributed by atoms with Crippen molar-refractivity contribution in [3.8, 4) is 11.8 Å². The minimum Gasteiger partial charge on any atom is -0.177 e. The number of fused-ring (bicyclic) bond motifs is 1. The number of hydrogen-bond acceptors (Lipinski definition) is 1. The van der Waals surface area contributed by atoms with Crippen LogP contribution in [0.1, 0.15) is 16.1 Å². The quantitative estimate of drug-likeness (QED) is 0.432. The molecule has 0 bridgehead atoms. The molecule has 0 saturated heterocycles. The van der Waals surface area contributed by atoms with Gasteiger partial charge < -0.3 is 0 Å².